The first-order chi connectivity index (χ1) is 13.3. The van der Waals surface area contributed by atoms with Gasteiger partial charge in [-0.1, -0.05) is 36.4 Å². The number of nitrogens with one attached hydrogen (secondary N) is 2. The van der Waals surface area contributed by atoms with Crippen LogP contribution in [0, 0.1) is 0 Å². The highest BCUT2D eigenvalue weighted by Crippen LogP contribution is 2.30. The molecule has 6 heteroatoms. The van der Waals surface area contributed by atoms with Gasteiger partial charge in [-0.05, 0) is 35.6 Å². The van der Waals surface area contributed by atoms with Gasteiger partial charge in [0.05, 0.1) is 23.9 Å². The van der Waals surface area contributed by atoms with Gasteiger partial charge in [-0.2, -0.15) is 5.10 Å². The average molecular weight is 376 g/mol. The zero-order chi connectivity index (χ0) is 18.6. The second-order valence-corrected chi connectivity index (χ2v) is 7.04. The Morgan fingerprint density at radius 2 is 1.93 bits per heavy atom. The van der Waals surface area contributed by atoms with Crippen molar-refractivity contribution in [2.75, 3.05) is 18.2 Å². The molecular weight excluding hydrogens is 356 g/mol. The summed E-state index contributed by atoms with van der Waals surface area (Å²) in [6.07, 6.45) is 5.65. The monoisotopic (exact) mass is 376 g/mol. The van der Waals surface area contributed by atoms with Gasteiger partial charge in [0, 0.05) is 23.3 Å². The van der Waals surface area contributed by atoms with Gasteiger partial charge in [0.25, 0.3) is 0 Å². The number of aliphatic hydroxyl groups excluding tert-OH is 1. The quantitative estimate of drug-likeness (QED) is 0.432. The minimum atomic E-state index is -0.178. The zero-order valence-electron chi connectivity index (χ0n) is 14.9. The Labute approximate surface area is 161 Å². The zero-order valence-corrected chi connectivity index (χ0v) is 15.7. The van der Waals surface area contributed by atoms with Gasteiger partial charge in [-0.25, -0.2) is 0 Å². The molecule has 0 spiro atoms. The predicted octanol–water partition coefficient (Wildman–Crippen LogP) is 4.49. The third-order valence-corrected chi connectivity index (χ3v) is 5.22. The fourth-order valence-electron chi connectivity index (χ4n) is 3.12. The van der Waals surface area contributed by atoms with Gasteiger partial charge < -0.3 is 10.4 Å². The molecule has 136 valence electrons. The Kier molecular flexibility index (Phi) is 5.09. The number of aliphatic hydroxyl groups is 1. The normalized spacial score (nSPS) is 12.2. The lowest BCUT2D eigenvalue weighted by Crippen LogP contribution is -2.14. The lowest BCUT2D eigenvalue weighted by Gasteiger charge is -2.18. The van der Waals surface area contributed by atoms with E-state index in [1.165, 1.54) is 0 Å². The summed E-state index contributed by atoms with van der Waals surface area (Å²) in [5.41, 5.74) is 5.02. The summed E-state index contributed by atoms with van der Waals surface area (Å²) in [4.78, 5) is 4.38. The van der Waals surface area contributed by atoms with Crippen LogP contribution in [0.2, 0.25) is 0 Å². The number of fused-ring (bicyclic) bond motifs is 1. The summed E-state index contributed by atoms with van der Waals surface area (Å²) in [6, 6.07) is 18.0. The number of aromatic amines is 1. The van der Waals surface area contributed by atoms with Crippen molar-refractivity contribution in [1.82, 2.24) is 15.2 Å². The molecule has 2 aromatic carbocycles. The van der Waals surface area contributed by atoms with Crippen molar-refractivity contribution in [3.63, 3.8) is 0 Å². The number of pyridine rings is 1. The largest absolute Gasteiger partial charge is 0.394 e. The minimum Gasteiger partial charge on any atom is -0.394 e. The highest BCUT2D eigenvalue weighted by Gasteiger charge is 2.11. The molecule has 0 aliphatic carbocycles. The van der Waals surface area contributed by atoms with Gasteiger partial charge >= 0.3 is 0 Å². The first-order valence-corrected chi connectivity index (χ1v) is 9.91. The lowest BCUT2D eigenvalue weighted by molar-refractivity contribution is 0.276. The lowest BCUT2D eigenvalue weighted by atomic mass is 10.0. The molecule has 3 N–H and O–H groups in total. The molecule has 2 aromatic heterocycles. The second kappa shape index (κ2) is 7.82. The number of benzene rings is 2. The van der Waals surface area contributed by atoms with Crippen LogP contribution in [0.15, 0.2) is 72.0 Å². The number of H-pyrrole nitrogens is 1. The van der Waals surface area contributed by atoms with Crippen LogP contribution >= 0.6 is 11.8 Å². The van der Waals surface area contributed by atoms with Crippen molar-refractivity contribution in [2.24, 2.45) is 0 Å². The number of hydrogen-bond acceptors (Lipinski definition) is 5. The summed E-state index contributed by atoms with van der Waals surface area (Å²) in [7, 11) is 0. The van der Waals surface area contributed by atoms with E-state index in [1.54, 1.807) is 18.0 Å². The summed E-state index contributed by atoms with van der Waals surface area (Å²) >= 11 is 1.62. The minimum absolute atomic E-state index is 0.00625. The number of rotatable bonds is 6. The highest BCUT2D eigenvalue weighted by atomic mass is 32.2. The summed E-state index contributed by atoms with van der Waals surface area (Å²) in [6.45, 7) is 0.00625. The standard InChI is InChI=1S/C21H20N4OS/c1-27-21-18-10-15(7-8-19(18)24-25-21)16-9-17(12-22-11-16)23-20(13-26)14-5-3-2-4-6-14/h2-12,20,23,26H,13H2,1H3,(H,24,25)/t20-/m0/s1. The SMILES string of the molecule is CSc1n[nH]c2ccc(-c3cncc(N[C@@H](CO)c4ccccc4)c3)cc12. The van der Waals surface area contributed by atoms with E-state index in [-0.39, 0.29) is 12.6 Å². The first kappa shape index (κ1) is 17.6. The average Bonchev–Trinajstić information content (AvgIpc) is 3.15. The van der Waals surface area contributed by atoms with E-state index >= 15 is 0 Å². The molecule has 27 heavy (non-hydrogen) atoms. The van der Waals surface area contributed by atoms with Crippen LogP contribution in [-0.4, -0.2) is 33.2 Å². The summed E-state index contributed by atoms with van der Waals surface area (Å²) < 4.78 is 0. The molecule has 0 bridgehead atoms. The molecule has 2 heterocycles. The Bertz CT molecular complexity index is 1050. The Balaban J connectivity index is 1.64. The van der Waals surface area contributed by atoms with E-state index in [9.17, 15) is 5.11 Å². The van der Waals surface area contributed by atoms with Crippen molar-refractivity contribution < 1.29 is 5.11 Å². The first-order valence-electron chi connectivity index (χ1n) is 8.68. The van der Waals surface area contributed by atoms with E-state index in [0.717, 1.165) is 38.3 Å². The smallest absolute Gasteiger partial charge is 0.126 e. The van der Waals surface area contributed by atoms with Crippen LogP contribution in [-0.2, 0) is 0 Å². The van der Waals surface area contributed by atoms with Gasteiger partial charge in [0.15, 0.2) is 0 Å². The van der Waals surface area contributed by atoms with Crippen molar-refractivity contribution in [3.8, 4) is 11.1 Å². The Hall–Kier alpha value is -2.83. The molecule has 4 rings (SSSR count). The number of hydrogen-bond donors (Lipinski definition) is 3. The van der Waals surface area contributed by atoms with E-state index in [0.29, 0.717) is 0 Å². The molecule has 0 saturated carbocycles. The van der Waals surface area contributed by atoms with Crippen LogP contribution in [0.3, 0.4) is 0 Å². The summed E-state index contributed by atoms with van der Waals surface area (Å²) in [5, 5.41) is 22.6. The molecule has 0 radical (unpaired) electrons. The maximum absolute atomic E-state index is 9.78. The van der Waals surface area contributed by atoms with E-state index < -0.39 is 0 Å². The van der Waals surface area contributed by atoms with E-state index in [1.807, 2.05) is 48.9 Å². The topological polar surface area (TPSA) is 73.8 Å². The fourth-order valence-corrected chi connectivity index (χ4v) is 3.65. The third-order valence-electron chi connectivity index (χ3n) is 4.52. The number of aromatic nitrogens is 3. The van der Waals surface area contributed by atoms with Gasteiger partial charge in [-0.3, -0.25) is 10.1 Å². The molecule has 0 amide bonds. The highest BCUT2D eigenvalue weighted by molar-refractivity contribution is 7.98. The fraction of sp³-hybridized carbons (Fsp3) is 0.143. The molecule has 0 unspecified atom stereocenters. The predicted molar refractivity (Wildman–Crippen MR) is 111 cm³/mol. The Morgan fingerprint density at radius 1 is 1.07 bits per heavy atom. The van der Waals surface area contributed by atoms with Crippen LogP contribution in [0.5, 0.6) is 0 Å². The van der Waals surface area contributed by atoms with Crippen LogP contribution in [0.4, 0.5) is 5.69 Å². The molecule has 0 aliphatic rings. The van der Waals surface area contributed by atoms with Gasteiger partial charge in [-0.15, -0.1) is 11.8 Å². The molecule has 5 nitrogen and oxygen atoms in total. The molecule has 1 atom stereocenters. The van der Waals surface area contributed by atoms with Crippen LogP contribution in [0.1, 0.15) is 11.6 Å². The van der Waals surface area contributed by atoms with Crippen LogP contribution in [0.25, 0.3) is 22.0 Å². The second-order valence-electron chi connectivity index (χ2n) is 6.25. The van der Waals surface area contributed by atoms with Crippen molar-refractivity contribution in [1.29, 1.82) is 0 Å². The van der Waals surface area contributed by atoms with E-state index in [2.05, 4.69) is 38.7 Å². The maximum Gasteiger partial charge on any atom is 0.126 e. The van der Waals surface area contributed by atoms with E-state index in [4.69, 9.17) is 0 Å². The van der Waals surface area contributed by atoms with Gasteiger partial charge in [0.1, 0.15) is 5.03 Å². The van der Waals surface area contributed by atoms with Crippen molar-refractivity contribution in [2.45, 2.75) is 11.1 Å². The number of nitrogens with zero attached hydrogens (tertiary/aromatic N) is 2. The van der Waals surface area contributed by atoms with Crippen molar-refractivity contribution >= 4 is 28.4 Å². The van der Waals surface area contributed by atoms with Gasteiger partial charge in [0.2, 0.25) is 0 Å². The number of anilines is 1. The maximum atomic E-state index is 9.78. The molecule has 0 fully saturated rings. The van der Waals surface area contributed by atoms with Crippen LogP contribution < -0.4 is 5.32 Å². The number of thioether (sulfide) groups is 1. The Morgan fingerprint density at radius 3 is 2.70 bits per heavy atom. The molecule has 0 saturated heterocycles. The molecule has 4 aromatic rings. The van der Waals surface area contributed by atoms with Crippen molar-refractivity contribution in [3.05, 3.63) is 72.6 Å². The molecular formula is C21H20N4OS. The summed E-state index contributed by atoms with van der Waals surface area (Å²) in [5.74, 6) is 0. The molecule has 0 aliphatic heterocycles. The third kappa shape index (κ3) is 3.67.